The van der Waals surface area contributed by atoms with Gasteiger partial charge in [-0.2, -0.15) is 0 Å². The number of nitrogens with zero attached hydrogens (tertiary/aromatic N) is 1. The number of rotatable bonds is 8. The van der Waals surface area contributed by atoms with Gasteiger partial charge >= 0.3 is 0 Å². The van der Waals surface area contributed by atoms with E-state index in [1.807, 2.05) is 0 Å². The van der Waals surface area contributed by atoms with Gasteiger partial charge in [0.15, 0.2) is 0 Å². The number of aryl methyl sites for hydroxylation is 1. The molecule has 0 aliphatic carbocycles. The predicted octanol–water partition coefficient (Wildman–Crippen LogP) is 2.43. The fraction of sp³-hybridized carbons (Fsp3) is 0.571. The Balaban J connectivity index is 2.28. The average molecular weight is 315 g/mol. The van der Waals surface area contributed by atoms with Crippen molar-refractivity contribution in [1.29, 1.82) is 0 Å². The molecule has 0 atom stereocenters. The van der Waals surface area contributed by atoms with Crippen LogP contribution in [0.3, 0.4) is 0 Å². The SMILES string of the molecule is COCCNCCN(C)Cc1cc(C)cc(Br)c1. The molecule has 1 rings (SSSR count). The van der Waals surface area contributed by atoms with E-state index in [1.165, 1.54) is 11.1 Å². The quantitative estimate of drug-likeness (QED) is 0.746. The van der Waals surface area contributed by atoms with Gasteiger partial charge in [-0.05, 0) is 37.2 Å². The third-order valence-corrected chi connectivity index (χ3v) is 3.17. The van der Waals surface area contributed by atoms with Crippen LogP contribution in [0, 0.1) is 6.92 Å². The van der Waals surface area contributed by atoms with Gasteiger partial charge in [-0.15, -0.1) is 0 Å². The summed E-state index contributed by atoms with van der Waals surface area (Å²) in [6, 6.07) is 6.55. The molecule has 0 aliphatic heterocycles. The highest BCUT2D eigenvalue weighted by molar-refractivity contribution is 9.10. The van der Waals surface area contributed by atoms with Crippen molar-refractivity contribution >= 4 is 15.9 Å². The van der Waals surface area contributed by atoms with Crippen LogP contribution in [0.1, 0.15) is 11.1 Å². The lowest BCUT2D eigenvalue weighted by molar-refractivity contribution is 0.197. The summed E-state index contributed by atoms with van der Waals surface area (Å²) >= 11 is 3.54. The summed E-state index contributed by atoms with van der Waals surface area (Å²) in [5.74, 6) is 0. The van der Waals surface area contributed by atoms with Crippen LogP contribution in [0.25, 0.3) is 0 Å². The van der Waals surface area contributed by atoms with Gasteiger partial charge in [0.25, 0.3) is 0 Å². The largest absolute Gasteiger partial charge is 0.383 e. The smallest absolute Gasteiger partial charge is 0.0587 e. The van der Waals surface area contributed by atoms with E-state index in [0.29, 0.717) is 0 Å². The zero-order chi connectivity index (χ0) is 13.4. The third kappa shape index (κ3) is 6.50. The normalized spacial score (nSPS) is 11.2. The van der Waals surface area contributed by atoms with Crippen LogP contribution in [0.15, 0.2) is 22.7 Å². The molecule has 0 saturated carbocycles. The molecule has 102 valence electrons. The lowest BCUT2D eigenvalue weighted by Gasteiger charge is -2.17. The highest BCUT2D eigenvalue weighted by Gasteiger charge is 2.02. The summed E-state index contributed by atoms with van der Waals surface area (Å²) in [7, 11) is 3.87. The second-order valence-corrected chi connectivity index (χ2v) is 5.53. The van der Waals surface area contributed by atoms with Crippen molar-refractivity contribution in [2.45, 2.75) is 13.5 Å². The minimum absolute atomic E-state index is 0.772. The van der Waals surface area contributed by atoms with Gasteiger partial charge in [-0.25, -0.2) is 0 Å². The maximum atomic E-state index is 4.99. The van der Waals surface area contributed by atoms with E-state index in [2.05, 4.69) is 58.3 Å². The molecule has 0 aliphatic rings. The van der Waals surface area contributed by atoms with Crippen molar-refractivity contribution in [3.05, 3.63) is 33.8 Å². The number of halogens is 1. The Labute approximate surface area is 119 Å². The van der Waals surface area contributed by atoms with Crippen molar-refractivity contribution in [3.8, 4) is 0 Å². The second-order valence-electron chi connectivity index (χ2n) is 4.62. The minimum Gasteiger partial charge on any atom is -0.383 e. The molecule has 18 heavy (non-hydrogen) atoms. The van der Waals surface area contributed by atoms with E-state index < -0.39 is 0 Å². The summed E-state index contributed by atoms with van der Waals surface area (Å²) in [6.07, 6.45) is 0. The molecular weight excluding hydrogens is 292 g/mol. The van der Waals surface area contributed by atoms with E-state index >= 15 is 0 Å². The first-order valence-electron chi connectivity index (χ1n) is 6.26. The Hall–Kier alpha value is -0.420. The van der Waals surface area contributed by atoms with Gasteiger partial charge in [0.05, 0.1) is 6.61 Å². The van der Waals surface area contributed by atoms with Crippen LogP contribution in [-0.2, 0) is 11.3 Å². The predicted molar refractivity (Wildman–Crippen MR) is 80.0 cm³/mol. The fourth-order valence-electron chi connectivity index (χ4n) is 1.86. The standard InChI is InChI=1S/C14H23BrN2O/c1-12-8-13(10-14(15)9-12)11-17(2)6-4-16-5-7-18-3/h8-10,16H,4-7,11H2,1-3H3. The molecule has 0 saturated heterocycles. The molecule has 4 heteroatoms. The van der Waals surface area contributed by atoms with Gasteiger partial charge < -0.3 is 15.0 Å². The Kier molecular flexibility index (Phi) is 7.51. The highest BCUT2D eigenvalue weighted by Crippen LogP contribution is 2.16. The first kappa shape index (κ1) is 15.6. The van der Waals surface area contributed by atoms with Crippen LogP contribution in [0.2, 0.25) is 0 Å². The molecular formula is C14H23BrN2O. The molecule has 1 aromatic rings. The van der Waals surface area contributed by atoms with Crippen molar-refractivity contribution in [3.63, 3.8) is 0 Å². The van der Waals surface area contributed by atoms with E-state index in [4.69, 9.17) is 4.74 Å². The molecule has 3 nitrogen and oxygen atoms in total. The zero-order valence-corrected chi connectivity index (χ0v) is 13.1. The summed E-state index contributed by atoms with van der Waals surface area (Å²) in [4.78, 5) is 2.32. The van der Waals surface area contributed by atoms with Crippen molar-refractivity contribution in [1.82, 2.24) is 10.2 Å². The van der Waals surface area contributed by atoms with E-state index in [-0.39, 0.29) is 0 Å². The maximum absolute atomic E-state index is 4.99. The van der Waals surface area contributed by atoms with Gasteiger partial charge in [-0.1, -0.05) is 22.0 Å². The van der Waals surface area contributed by atoms with Gasteiger partial charge in [0.1, 0.15) is 0 Å². The van der Waals surface area contributed by atoms with E-state index in [9.17, 15) is 0 Å². The van der Waals surface area contributed by atoms with Crippen LogP contribution < -0.4 is 5.32 Å². The molecule has 1 N–H and O–H groups in total. The second kappa shape index (κ2) is 8.64. The number of methoxy groups -OCH3 is 1. The average Bonchev–Trinajstić information content (AvgIpc) is 2.27. The molecule has 0 unspecified atom stereocenters. The number of nitrogens with one attached hydrogen (secondary N) is 1. The van der Waals surface area contributed by atoms with E-state index in [0.717, 1.165) is 37.3 Å². The Bertz CT molecular complexity index is 337. The maximum Gasteiger partial charge on any atom is 0.0587 e. The molecule has 1 aromatic carbocycles. The van der Waals surface area contributed by atoms with Crippen molar-refractivity contribution < 1.29 is 4.74 Å². The molecule has 0 aromatic heterocycles. The Morgan fingerprint density at radius 2 is 2.06 bits per heavy atom. The zero-order valence-electron chi connectivity index (χ0n) is 11.5. The number of ether oxygens (including phenoxy) is 1. The fourth-order valence-corrected chi connectivity index (χ4v) is 2.52. The number of hydrogen-bond donors (Lipinski definition) is 1. The molecule has 0 heterocycles. The summed E-state index contributed by atoms with van der Waals surface area (Å²) in [6.45, 7) is 6.82. The van der Waals surface area contributed by atoms with Crippen molar-refractivity contribution in [2.75, 3.05) is 40.4 Å². The third-order valence-electron chi connectivity index (χ3n) is 2.71. The molecule has 0 fully saturated rings. The molecule has 0 spiro atoms. The molecule has 0 radical (unpaired) electrons. The van der Waals surface area contributed by atoms with Gasteiger partial charge in [-0.3, -0.25) is 0 Å². The van der Waals surface area contributed by atoms with Crippen molar-refractivity contribution in [2.24, 2.45) is 0 Å². The topological polar surface area (TPSA) is 24.5 Å². The monoisotopic (exact) mass is 314 g/mol. The minimum atomic E-state index is 0.772. The van der Waals surface area contributed by atoms with Gasteiger partial charge in [0, 0.05) is 37.8 Å². The van der Waals surface area contributed by atoms with Crippen LogP contribution >= 0.6 is 15.9 Å². The lowest BCUT2D eigenvalue weighted by atomic mass is 10.1. The highest BCUT2D eigenvalue weighted by atomic mass is 79.9. The number of hydrogen-bond acceptors (Lipinski definition) is 3. The summed E-state index contributed by atoms with van der Waals surface area (Å²) in [5.41, 5.74) is 2.65. The van der Waals surface area contributed by atoms with Crippen LogP contribution in [0.5, 0.6) is 0 Å². The molecule has 0 bridgehead atoms. The number of benzene rings is 1. The first-order chi connectivity index (χ1) is 8.61. The summed E-state index contributed by atoms with van der Waals surface area (Å²) in [5, 5.41) is 3.35. The Morgan fingerprint density at radius 1 is 1.28 bits per heavy atom. The van der Waals surface area contributed by atoms with E-state index in [1.54, 1.807) is 7.11 Å². The Morgan fingerprint density at radius 3 is 2.72 bits per heavy atom. The van der Waals surface area contributed by atoms with Gasteiger partial charge in [0.2, 0.25) is 0 Å². The lowest BCUT2D eigenvalue weighted by Crippen LogP contribution is -2.30. The molecule has 0 amide bonds. The summed E-state index contributed by atoms with van der Waals surface area (Å²) < 4.78 is 6.15. The van der Waals surface area contributed by atoms with Crippen LogP contribution in [-0.4, -0.2) is 45.3 Å². The number of likely N-dealkylation sites (N-methyl/N-ethyl adjacent to an activating group) is 1. The first-order valence-corrected chi connectivity index (χ1v) is 7.05. The van der Waals surface area contributed by atoms with Crippen LogP contribution in [0.4, 0.5) is 0 Å².